The molecule has 1 aliphatic rings. The van der Waals surface area contributed by atoms with Crippen LogP contribution in [0.15, 0.2) is 48.5 Å². The first-order valence-electron chi connectivity index (χ1n) is 10.2. The van der Waals surface area contributed by atoms with Crippen LogP contribution in [-0.4, -0.2) is 49.6 Å². The van der Waals surface area contributed by atoms with Gasteiger partial charge in [-0.3, -0.25) is 4.79 Å². The lowest BCUT2D eigenvalue weighted by atomic mass is 9.86. The van der Waals surface area contributed by atoms with E-state index in [0.717, 1.165) is 11.3 Å². The summed E-state index contributed by atoms with van der Waals surface area (Å²) in [6.45, 7) is 11.3. The minimum Gasteiger partial charge on any atom is -0.462 e. The van der Waals surface area contributed by atoms with Gasteiger partial charge in [-0.15, -0.1) is 0 Å². The quantitative estimate of drug-likeness (QED) is 0.732. The molecule has 29 heavy (non-hydrogen) atoms. The molecule has 1 aliphatic heterocycles. The van der Waals surface area contributed by atoms with E-state index in [9.17, 15) is 9.59 Å². The number of nitrogens with zero attached hydrogens (tertiary/aromatic N) is 2. The molecule has 1 amide bonds. The summed E-state index contributed by atoms with van der Waals surface area (Å²) in [6.07, 6.45) is 0. The fourth-order valence-corrected chi connectivity index (χ4v) is 3.58. The van der Waals surface area contributed by atoms with Gasteiger partial charge in [-0.25, -0.2) is 4.79 Å². The van der Waals surface area contributed by atoms with Crippen LogP contribution in [-0.2, 0) is 10.2 Å². The van der Waals surface area contributed by atoms with E-state index in [1.54, 1.807) is 13.0 Å². The lowest BCUT2D eigenvalue weighted by Crippen LogP contribution is -2.49. The smallest absolute Gasteiger partial charge is 0.340 e. The van der Waals surface area contributed by atoms with E-state index in [1.165, 1.54) is 5.56 Å². The Labute approximate surface area is 173 Å². The van der Waals surface area contributed by atoms with Crippen LogP contribution in [0.5, 0.6) is 0 Å². The molecule has 2 aromatic rings. The van der Waals surface area contributed by atoms with Gasteiger partial charge >= 0.3 is 5.97 Å². The molecule has 0 unspecified atom stereocenters. The molecule has 1 fully saturated rings. The van der Waals surface area contributed by atoms with Crippen LogP contribution >= 0.6 is 0 Å². The Morgan fingerprint density at radius 1 is 0.931 bits per heavy atom. The number of amides is 1. The number of rotatable bonds is 4. The summed E-state index contributed by atoms with van der Waals surface area (Å²) in [5.74, 6) is -0.246. The van der Waals surface area contributed by atoms with E-state index in [2.05, 4.69) is 25.7 Å². The number of hydrogen-bond acceptors (Lipinski definition) is 4. The fourth-order valence-electron chi connectivity index (χ4n) is 3.58. The molecule has 1 saturated heterocycles. The second-order valence-electron chi connectivity index (χ2n) is 8.34. The van der Waals surface area contributed by atoms with E-state index >= 15 is 0 Å². The van der Waals surface area contributed by atoms with Crippen molar-refractivity contribution in [1.29, 1.82) is 0 Å². The second kappa shape index (κ2) is 8.68. The van der Waals surface area contributed by atoms with E-state index in [0.29, 0.717) is 38.3 Å². The Morgan fingerprint density at radius 3 is 2.14 bits per heavy atom. The SMILES string of the molecule is CCOC(=O)c1ccccc1N1CCN(C(=O)c2ccc(C(C)(C)C)cc2)CC1. The average molecular weight is 395 g/mol. The Kier molecular flexibility index (Phi) is 6.26. The molecule has 0 aliphatic carbocycles. The molecular weight excluding hydrogens is 364 g/mol. The van der Waals surface area contributed by atoms with Crippen molar-refractivity contribution in [3.05, 3.63) is 65.2 Å². The normalized spacial score (nSPS) is 14.6. The van der Waals surface area contributed by atoms with Gasteiger partial charge in [-0.2, -0.15) is 0 Å². The Hall–Kier alpha value is -2.82. The molecule has 154 valence electrons. The van der Waals surface area contributed by atoms with Crippen molar-refractivity contribution in [3.8, 4) is 0 Å². The van der Waals surface area contributed by atoms with Crippen LogP contribution in [0.25, 0.3) is 0 Å². The molecule has 0 saturated carbocycles. The lowest BCUT2D eigenvalue weighted by Gasteiger charge is -2.36. The summed E-state index contributed by atoms with van der Waals surface area (Å²) in [4.78, 5) is 29.2. The average Bonchev–Trinajstić information content (AvgIpc) is 2.73. The van der Waals surface area contributed by atoms with Crippen LogP contribution in [0.3, 0.4) is 0 Å². The summed E-state index contributed by atoms with van der Waals surface area (Å²) < 4.78 is 5.18. The van der Waals surface area contributed by atoms with Crippen molar-refractivity contribution >= 4 is 17.6 Å². The van der Waals surface area contributed by atoms with Crippen LogP contribution in [0.1, 0.15) is 54.0 Å². The summed E-state index contributed by atoms with van der Waals surface area (Å²) in [7, 11) is 0. The number of piperazine rings is 1. The summed E-state index contributed by atoms with van der Waals surface area (Å²) >= 11 is 0. The van der Waals surface area contributed by atoms with Crippen LogP contribution < -0.4 is 4.90 Å². The first-order valence-corrected chi connectivity index (χ1v) is 10.2. The molecule has 0 atom stereocenters. The molecule has 1 heterocycles. The van der Waals surface area contributed by atoms with E-state index in [1.807, 2.05) is 47.4 Å². The zero-order valence-electron chi connectivity index (χ0n) is 17.8. The summed E-state index contributed by atoms with van der Waals surface area (Å²) in [5, 5.41) is 0. The van der Waals surface area contributed by atoms with Crippen LogP contribution in [0.2, 0.25) is 0 Å². The maximum Gasteiger partial charge on any atom is 0.340 e. The zero-order valence-corrected chi connectivity index (χ0v) is 17.8. The van der Waals surface area contributed by atoms with E-state index < -0.39 is 0 Å². The minimum atomic E-state index is -0.305. The Morgan fingerprint density at radius 2 is 1.55 bits per heavy atom. The number of para-hydroxylation sites is 1. The highest BCUT2D eigenvalue weighted by Crippen LogP contribution is 2.25. The van der Waals surface area contributed by atoms with Crippen molar-refractivity contribution in [1.82, 2.24) is 4.90 Å². The molecule has 3 rings (SSSR count). The predicted molar refractivity (Wildman–Crippen MR) is 116 cm³/mol. The van der Waals surface area contributed by atoms with Crippen molar-refractivity contribution in [2.75, 3.05) is 37.7 Å². The number of carbonyl (C=O) groups is 2. The van der Waals surface area contributed by atoms with Crippen molar-refractivity contribution < 1.29 is 14.3 Å². The molecule has 0 bridgehead atoms. The number of ether oxygens (including phenoxy) is 1. The maximum atomic E-state index is 12.9. The monoisotopic (exact) mass is 394 g/mol. The van der Waals surface area contributed by atoms with Crippen LogP contribution in [0, 0.1) is 0 Å². The third-order valence-corrected chi connectivity index (χ3v) is 5.30. The first-order chi connectivity index (χ1) is 13.8. The highest BCUT2D eigenvalue weighted by Gasteiger charge is 2.25. The van der Waals surface area contributed by atoms with Gasteiger partial charge in [0, 0.05) is 31.7 Å². The number of carbonyl (C=O) groups excluding carboxylic acids is 2. The topological polar surface area (TPSA) is 49.9 Å². The van der Waals surface area contributed by atoms with E-state index in [4.69, 9.17) is 4.74 Å². The number of hydrogen-bond donors (Lipinski definition) is 0. The minimum absolute atomic E-state index is 0.0591. The molecule has 0 N–H and O–H groups in total. The van der Waals surface area contributed by atoms with Gasteiger partial charge in [0.05, 0.1) is 17.9 Å². The molecule has 0 radical (unpaired) electrons. The van der Waals surface area contributed by atoms with Gasteiger partial charge in [-0.1, -0.05) is 45.0 Å². The summed E-state index contributed by atoms with van der Waals surface area (Å²) in [5.41, 5.74) is 3.45. The third kappa shape index (κ3) is 4.78. The third-order valence-electron chi connectivity index (χ3n) is 5.30. The number of benzene rings is 2. The van der Waals surface area contributed by atoms with Gasteiger partial charge in [-0.05, 0) is 42.2 Å². The molecule has 2 aromatic carbocycles. The van der Waals surface area contributed by atoms with Crippen molar-refractivity contribution in [3.63, 3.8) is 0 Å². The zero-order chi connectivity index (χ0) is 21.0. The van der Waals surface area contributed by atoms with Gasteiger partial charge in [0.15, 0.2) is 0 Å². The van der Waals surface area contributed by atoms with Gasteiger partial charge in [0.1, 0.15) is 0 Å². The van der Waals surface area contributed by atoms with Gasteiger partial charge in [0.2, 0.25) is 0 Å². The van der Waals surface area contributed by atoms with Crippen molar-refractivity contribution in [2.45, 2.75) is 33.1 Å². The van der Waals surface area contributed by atoms with Gasteiger partial charge in [0.25, 0.3) is 5.91 Å². The number of anilines is 1. The maximum absolute atomic E-state index is 12.9. The summed E-state index contributed by atoms with van der Waals surface area (Å²) in [6, 6.07) is 15.4. The largest absolute Gasteiger partial charge is 0.462 e. The first kappa shape index (κ1) is 20.9. The number of esters is 1. The highest BCUT2D eigenvalue weighted by atomic mass is 16.5. The predicted octanol–water partition coefficient (Wildman–Crippen LogP) is 4.12. The lowest BCUT2D eigenvalue weighted by molar-refractivity contribution is 0.0526. The Bertz CT molecular complexity index is 860. The second-order valence-corrected chi connectivity index (χ2v) is 8.34. The molecular formula is C24H30N2O3. The Balaban J connectivity index is 1.67. The standard InChI is InChI=1S/C24H30N2O3/c1-5-29-23(28)20-8-6-7-9-21(20)25-14-16-26(17-15-25)22(27)18-10-12-19(13-11-18)24(2,3)4/h6-13H,5,14-17H2,1-4H3. The van der Waals surface area contributed by atoms with Gasteiger partial charge < -0.3 is 14.5 Å². The molecule has 5 heteroatoms. The molecule has 0 spiro atoms. The van der Waals surface area contributed by atoms with Crippen LogP contribution in [0.4, 0.5) is 5.69 Å². The molecule has 5 nitrogen and oxygen atoms in total. The van der Waals surface area contributed by atoms with Crippen molar-refractivity contribution in [2.24, 2.45) is 0 Å². The molecule has 0 aromatic heterocycles. The van der Waals surface area contributed by atoms with E-state index in [-0.39, 0.29) is 17.3 Å². The highest BCUT2D eigenvalue weighted by molar-refractivity contribution is 5.96. The fraction of sp³-hybridized carbons (Fsp3) is 0.417.